The van der Waals surface area contributed by atoms with Crippen molar-refractivity contribution < 1.29 is 10.0 Å². The van der Waals surface area contributed by atoms with Crippen molar-refractivity contribution in [1.82, 2.24) is 0 Å². The number of oxime groups is 1. The van der Waals surface area contributed by atoms with Crippen molar-refractivity contribution in [3.05, 3.63) is 28.8 Å². The van der Waals surface area contributed by atoms with Crippen molar-refractivity contribution in [2.75, 3.05) is 11.1 Å². The van der Waals surface area contributed by atoms with Gasteiger partial charge in [0.05, 0.1) is 10.9 Å². The van der Waals surface area contributed by atoms with Crippen molar-refractivity contribution in [3.63, 3.8) is 0 Å². The van der Waals surface area contributed by atoms with E-state index < -0.39 is 0 Å². The highest BCUT2D eigenvalue weighted by atomic mass is 35.5. The van der Waals surface area contributed by atoms with E-state index in [2.05, 4.69) is 10.5 Å². The minimum absolute atomic E-state index is 0.0425. The van der Waals surface area contributed by atoms with E-state index >= 15 is 0 Å². The van der Waals surface area contributed by atoms with Crippen LogP contribution in [0.2, 0.25) is 5.02 Å². The van der Waals surface area contributed by atoms with Gasteiger partial charge in [0.15, 0.2) is 5.84 Å². The molecule has 102 valence electrons. The summed E-state index contributed by atoms with van der Waals surface area (Å²) >= 11 is 7.55. The fourth-order valence-corrected chi connectivity index (χ4v) is 3.23. The van der Waals surface area contributed by atoms with E-state index in [1.165, 1.54) is 0 Å². The Bertz CT molecular complexity index is 516. The first kappa shape index (κ1) is 14.0. The summed E-state index contributed by atoms with van der Waals surface area (Å²) in [5.74, 6) is 0.864. The van der Waals surface area contributed by atoms with Crippen LogP contribution in [0.4, 0.5) is 5.69 Å². The van der Waals surface area contributed by atoms with Gasteiger partial charge < -0.3 is 16.3 Å². The SMILES string of the molecule is NC(=NO)c1ccc(Cl)cc1NC(=O)C1CCCS1. The molecule has 1 aromatic carbocycles. The molecule has 5 nitrogen and oxygen atoms in total. The molecule has 1 saturated heterocycles. The van der Waals surface area contributed by atoms with Gasteiger partial charge in [-0.05, 0) is 36.8 Å². The lowest BCUT2D eigenvalue weighted by atomic mass is 10.1. The summed E-state index contributed by atoms with van der Waals surface area (Å²) < 4.78 is 0. The molecule has 0 aliphatic carbocycles. The summed E-state index contributed by atoms with van der Waals surface area (Å²) in [6.45, 7) is 0. The number of thioether (sulfide) groups is 1. The van der Waals surface area contributed by atoms with Crippen molar-refractivity contribution in [1.29, 1.82) is 0 Å². The van der Waals surface area contributed by atoms with Gasteiger partial charge in [0.1, 0.15) is 0 Å². The Morgan fingerprint density at radius 3 is 3.00 bits per heavy atom. The second-order valence-electron chi connectivity index (χ2n) is 4.17. The number of nitrogens with zero attached hydrogens (tertiary/aromatic N) is 1. The van der Waals surface area contributed by atoms with E-state index in [-0.39, 0.29) is 17.0 Å². The lowest BCUT2D eigenvalue weighted by molar-refractivity contribution is -0.115. The van der Waals surface area contributed by atoms with Gasteiger partial charge in [0.2, 0.25) is 5.91 Å². The quantitative estimate of drug-likeness (QED) is 0.346. The van der Waals surface area contributed by atoms with Crippen molar-refractivity contribution >= 4 is 40.8 Å². The maximum absolute atomic E-state index is 12.1. The van der Waals surface area contributed by atoms with Crippen molar-refractivity contribution in [2.45, 2.75) is 18.1 Å². The first-order valence-corrected chi connectivity index (χ1v) is 7.24. The zero-order valence-corrected chi connectivity index (χ0v) is 11.7. The number of hydrogen-bond acceptors (Lipinski definition) is 4. The number of carbonyl (C=O) groups excluding carboxylic acids is 1. The lowest BCUT2D eigenvalue weighted by Crippen LogP contribution is -2.25. The molecule has 1 aliphatic heterocycles. The molecule has 1 aliphatic rings. The Balaban J connectivity index is 2.22. The second-order valence-corrected chi connectivity index (χ2v) is 5.91. The summed E-state index contributed by atoms with van der Waals surface area (Å²) in [4.78, 5) is 12.1. The summed E-state index contributed by atoms with van der Waals surface area (Å²) in [5.41, 5.74) is 6.48. The topological polar surface area (TPSA) is 87.7 Å². The van der Waals surface area contributed by atoms with Crippen LogP contribution in [-0.4, -0.2) is 28.0 Å². The zero-order valence-electron chi connectivity index (χ0n) is 10.1. The Morgan fingerprint density at radius 1 is 1.58 bits per heavy atom. The van der Waals surface area contributed by atoms with Crippen molar-refractivity contribution in [2.24, 2.45) is 10.9 Å². The van der Waals surface area contributed by atoms with E-state index in [1.807, 2.05) is 0 Å². The maximum Gasteiger partial charge on any atom is 0.237 e. The summed E-state index contributed by atoms with van der Waals surface area (Å²) in [5, 5.41) is 14.9. The minimum Gasteiger partial charge on any atom is -0.409 e. The standard InChI is InChI=1S/C12H14ClN3O2S/c13-7-3-4-8(11(14)16-18)9(6-7)15-12(17)10-2-1-5-19-10/h3-4,6,10,18H,1-2,5H2,(H2,14,16)(H,15,17). The van der Waals surface area contributed by atoms with Gasteiger partial charge in [-0.1, -0.05) is 16.8 Å². The Labute approximate surface area is 120 Å². The van der Waals surface area contributed by atoms with Gasteiger partial charge in [0.25, 0.3) is 0 Å². The molecule has 1 unspecified atom stereocenters. The van der Waals surface area contributed by atoms with Crippen LogP contribution in [0.1, 0.15) is 18.4 Å². The molecule has 0 saturated carbocycles. The second kappa shape index (κ2) is 6.16. The van der Waals surface area contributed by atoms with Crippen LogP contribution in [0.5, 0.6) is 0 Å². The van der Waals surface area contributed by atoms with Crippen LogP contribution in [0.15, 0.2) is 23.4 Å². The summed E-state index contributed by atoms with van der Waals surface area (Å²) in [6.07, 6.45) is 1.92. The van der Waals surface area contributed by atoms with E-state index in [9.17, 15) is 4.79 Å². The molecule has 1 atom stereocenters. The molecule has 4 N–H and O–H groups in total. The van der Waals surface area contributed by atoms with Crippen LogP contribution in [0, 0.1) is 0 Å². The van der Waals surface area contributed by atoms with E-state index in [1.54, 1.807) is 30.0 Å². The largest absolute Gasteiger partial charge is 0.409 e. The molecule has 1 aromatic rings. The molecule has 0 bridgehead atoms. The van der Waals surface area contributed by atoms with Gasteiger partial charge in [-0.3, -0.25) is 4.79 Å². The number of rotatable bonds is 3. The highest BCUT2D eigenvalue weighted by molar-refractivity contribution is 8.00. The summed E-state index contributed by atoms with van der Waals surface area (Å²) in [7, 11) is 0. The summed E-state index contributed by atoms with van der Waals surface area (Å²) in [6, 6.07) is 4.82. The third kappa shape index (κ3) is 3.33. The van der Waals surface area contributed by atoms with Crippen LogP contribution in [-0.2, 0) is 4.79 Å². The van der Waals surface area contributed by atoms with E-state index in [4.69, 9.17) is 22.5 Å². The third-order valence-corrected chi connectivity index (χ3v) is 4.46. The Morgan fingerprint density at radius 2 is 2.37 bits per heavy atom. The minimum atomic E-state index is -0.0724. The van der Waals surface area contributed by atoms with Gasteiger partial charge in [-0.25, -0.2) is 0 Å². The molecule has 0 aromatic heterocycles. The third-order valence-electron chi connectivity index (χ3n) is 2.85. The molecule has 1 amide bonds. The van der Waals surface area contributed by atoms with Gasteiger partial charge in [-0.15, -0.1) is 11.8 Å². The Kier molecular flexibility index (Phi) is 4.55. The predicted octanol–water partition coefficient (Wildman–Crippen LogP) is 2.27. The Hall–Kier alpha value is -1.40. The number of carbonyl (C=O) groups is 1. The number of amides is 1. The monoisotopic (exact) mass is 299 g/mol. The number of nitrogens with one attached hydrogen (secondary N) is 1. The fraction of sp³-hybridized carbons (Fsp3) is 0.333. The average molecular weight is 300 g/mol. The smallest absolute Gasteiger partial charge is 0.237 e. The van der Waals surface area contributed by atoms with Gasteiger partial charge in [-0.2, -0.15) is 0 Å². The molecule has 1 heterocycles. The number of hydrogen-bond donors (Lipinski definition) is 3. The zero-order chi connectivity index (χ0) is 13.8. The highest BCUT2D eigenvalue weighted by Gasteiger charge is 2.24. The lowest BCUT2D eigenvalue weighted by Gasteiger charge is -2.13. The van der Waals surface area contributed by atoms with Gasteiger partial charge in [0, 0.05) is 10.6 Å². The molecule has 0 radical (unpaired) electrons. The molecule has 7 heteroatoms. The number of anilines is 1. The highest BCUT2D eigenvalue weighted by Crippen LogP contribution is 2.28. The number of amidine groups is 1. The number of benzene rings is 1. The van der Waals surface area contributed by atoms with Crippen LogP contribution in [0.3, 0.4) is 0 Å². The average Bonchev–Trinajstić information content (AvgIpc) is 2.92. The number of halogens is 1. The molecule has 0 spiro atoms. The molecule has 2 rings (SSSR count). The van der Waals surface area contributed by atoms with Crippen LogP contribution >= 0.6 is 23.4 Å². The van der Waals surface area contributed by atoms with E-state index in [0.717, 1.165) is 18.6 Å². The fourth-order valence-electron chi connectivity index (χ4n) is 1.89. The normalized spacial score (nSPS) is 19.4. The molecular weight excluding hydrogens is 286 g/mol. The first-order chi connectivity index (χ1) is 9.11. The van der Waals surface area contributed by atoms with Crippen LogP contribution in [0.25, 0.3) is 0 Å². The van der Waals surface area contributed by atoms with E-state index in [0.29, 0.717) is 16.3 Å². The molecule has 1 fully saturated rings. The first-order valence-electron chi connectivity index (χ1n) is 5.81. The van der Waals surface area contributed by atoms with Gasteiger partial charge >= 0.3 is 0 Å². The molecule has 19 heavy (non-hydrogen) atoms. The van der Waals surface area contributed by atoms with Crippen LogP contribution < -0.4 is 11.1 Å². The maximum atomic E-state index is 12.1. The molecular formula is C12H14ClN3O2S. The predicted molar refractivity (Wildman–Crippen MR) is 78.1 cm³/mol. The van der Waals surface area contributed by atoms with Crippen molar-refractivity contribution in [3.8, 4) is 0 Å². The number of nitrogens with two attached hydrogens (primary N) is 1.